The van der Waals surface area contributed by atoms with Crippen LogP contribution in [0.15, 0.2) is 57.4 Å². The van der Waals surface area contributed by atoms with E-state index in [9.17, 15) is 9.59 Å². The van der Waals surface area contributed by atoms with Crippen LogP contribution < -0.4 is 15.7 Å². The molecule has 0 spiro atoms. The lowest BCUT2D eigenvalue weighted by Gasteiger charge is -1.98. The highest BCUT2D eigenvalue weighted by Crippen LogP contribution is 2.12. The predicted octanol–water partition coefficient (Wildman–Crippen LogP) is 1.79. The molecule has 0 fully saturated rings. The van der Waals surface area contributed by atoms with E-state index in [0.717, 1.165) is 4.88 Å². The summed E-state index contributed by atoms with van der Waals surface area (Å²) in [5.74, 6) is 0. The molecule has 0 atom stereocenters. The molecule has 0 amide bonds. The van der Waals surface area contributed by atoms with Crippen LogP contribution >= 0.6 is 22.7 Å². The molecule has 5 nitrogen and oxygen atoms in total. The first-order chi connectivity index (χ1) is 11.2. The van der Waals surface area contributed by atoms with E-state index in [1.54, 1.807) is 18.2 Å². The third-order valence-corrected chi connectivity index (χ3v) is 5.03. The summed E-state index contributed by atoms with van der Waals surface area (Å²) in [7, 11) is 0. The van der Waals surface area contributed by atoms with Gasteiger partial charge in [0.1, 0.15) is 0 Å². The first kappa shape index (κ1) is 14.0. The predicted molar refractivity (Wildman–Crippen MR) is 91.9 cm³/mol. The first-order valence-electron chi connectivity index (χ1n) is 6.77. The van der Waals surface area contributed by atoms with Gasteiger partial charge in [-0.15, -0.1) is 11.3 Å². The summed E-state index contributed by atoms with van der Waals surface area (Å²) in [6, 6.07) is 12.9. The second-order valence-electron chi connectivity index (χ2n) is 4.76. The molecule has 0 aliphatic carbocycles. The minimum Gasteiger partial charge on any atom is -0.266 e. The maximum Gasteiger partial charge on any atom is 0.300 e. The van der Waals surface area contributed by atoms with E-state index in [1.165, 1.54) is 27.2 Å². The Balaban J connectivity index is 1.98. The zero-order chi connectivity index (χ0) is 15.8. The van der Waals surface area contributed by atoms with Crippen molar-refractivity contribution < 1.29 is 0 Å². The summed E-state index contributed by atoms with van der Waals surface area (Å²) in [5, 5.41) is 6.16. The SMILES string of the molecule is O=c1nc2sc(=Cc3cccs3)c(=O)n2nc1-c1ccccc1. The average Bonchev–Trinajstić information content (AvgIpc) is 3.17. The summed E-state index contributed by atoms with van der Waals surface area (Å²) >= 11 is 2.71. The van der Waals surface area contributed by atoms with E-state index >= 15 is 0 Å². The summed E-state index contributed by atoms with van der Waals surface area (Å²) in [6.07, 6.45) is 1.79. The van der Waals surface area contributed by atoms with Gasteiger partial charge in [0.15, 0.2) is 5.69 Å². The van der Waals surface area contributed by atoms with Gasteiger partial charge in [-0.05, 0) is 17.5 Å². The van der Waals surface area contributed by atoms with E-state index < -0.39 is 5.56 Å². The zero-order valence-corrected chi connectivity index (χ0v) is 13.3. The molecule has 7 heteroatoms. The lowest BCUT2D eigenvalue weighted by atomic mass is 10.2. The van der Waals surface area contributed by atoms with Crippen LogP contribution in [0.2, 0.25) is 0 Å². The second kappa shape index (κ2) is 5.53. The molecule has 4 aromatic rings. The molecule has 0 bridgehead atoms. The molecule has 0 radical (unpaired) electrons. The van der Waals surface area contributed by atoms with Gasteiger partial charge >= 0.3 is 5.56 Å². The van der Waals surface area contributed by atoms with Gasteiger partial charge in [0.2, 0.25) is 4.96 Å². The third kappa shape index (κ3) is 2.49. The molecule has 0 saturated carbocycles. The zero-order valence-electron chi connectivity index (χ0n) is 11.7. The minimum absolute atomic E-state index is 0.181. The number of rotatable bonds is 2. The second-order valence-corrected chi connectivity index (χ2v) is 6.75. The number of nitrogens with zero attached hydrogens (tertiary/aromatic N) is 3. The van der Waals surface area contributed by atoms with Crippen molar-refractivity contribution in [2.24, 2.45) is 0 Å². The fraction of sp³-hybridized carbons (Fsp3) is 0. The molecule has 0 unspecified atom stereocenters. The molecule has 0 aliphatic rings. The molecule has 0 aliphatic heterocycles. The fourth-order valence-electron chi connectivity index (χ4n) is 2.19. The smallest absolute Gasteiger partial charge is 0.266 e. The number of hydrogen-bond acceptors (Lipinski definition) is 6. The normalized spacial score (nSPS) is 12.1. The molecule has 23 heavy (non-hydrogen) atoms. The molecule has 1 aromatic carbocycles. The van der Waals surface area contributed by atoms with Crippen LogP contribution in [-0.4, -0.2) is 14.6 Å². The van der Waals surface area contributed by atoms with Gasteiger partial charge in [0.25, 0.3) is 5.56 Å². The quantitative estimate of drug-likeness (QED) is 0.558. The van der Waals surface area contributed by atoms with E-state index in [-0.39, 0.29) is 11.3 Å². The molecule has 3 heterocycles. The van der Waals surface area contributed by atoms with Crippen LogP contribution in [-0.2, 0) is 0 Å². The Hall–Kier alpha value is -2.64. The highest BCUT2D eigenvalue weighted by Gasteiger charge is 2.12. The van der Waals surface area contributed by atoms with Crippen LogP contribution in [0, 0.1) is 0 Å². The highest BCUT2D eigenvalue weighted by atomic mass is 32.1. The topological polar surface area (TPSA) is 64.3 Å². The van der Waals surface area contributed by atoms with E-state index in [2.05, 4.69) is 10.1 Å². The molecule has 4 rings (SSSR count). The van der Waals surface area contributed by atoms with Crippen molar-refractivity contribution in [1.82, 2.24) is 14.6 Å². The van der Waals surface area contributed by atoms with Crippen LogP contribution in [0.4, 0.5) is 0 Å². The Bertz CT molecular complexity index is 1150. The monoisotopic (exact) mass is 339 g/mol. The summed E-state index contributed by atoms with van der Waals surface area (Å²) in [4.78, 5) is 30.0. The Morgan fingerprint density at radius 3 is 2.61 bits per heavy atom. The van der Waals surface area contributed by atoms with Gasteiger partial charge in [-0.1, -0.05) is 47.7 Å². The lowest BCUT2D eigenvalue weighted by molar-refractivity contribution is 0.873. The molecule has 0 saturated heterocycles. The molecule has 3 aromatic heterocycles. The van der Waals surface area contributed by atoms with Crippen molar-refractivity contribution in [2.75, 3.05) is 0 Å². The van der Waals surface area contributed by atoms with Gasteiger partial charge in [-0.25, -0.2) is 0 Å². The Labute approximate surface area is 137 Å². The van der Waals surface area contributed by atoms with Gasteiger partial charge in [0, 0.05) is 10.4 Å². The van der Waals surface area contributed by atoms with Gasteiger partial charge in [0.05, 0.1) is 4.53 Å². The van der Waals surface area contributed by atoms with Crippen molar-refractivity contribution in [1.29, 1.82) is 0 Å². The van der Waals surface area contributed by atoms with Crippen LogP contribution in [0.25, 0.3) is 22.3 Å². The van der Waals surface area contributed by atoms with Crippen molar-refractivity contribution in [3.63, 3.8) is 0 Å². The summed E-state index contributed by atoms with van der Waals surface area (Å²) in [5.41, 5.74) is 0.137. The molecular weight excluding hydrogens is 330 g/mol. The number of aromatic nitrogens is 3. The average molecular weight is 339 g/mol. The molecular formula is C16H9N3O2S2. The first-order valence-corrected chi connectivity index (χ1v) is 8.46. The maximum absolute atomic E-state index is 12.5. The molecule has 112 valence electrons. The lowest BCUT2D eigenvalue weighted by Crippen LogP contribution is -2.26. The number of benzene rings is 1. The largest absolute Gasteiger partial charge is 0.300 e. The maximum atomic E-state index is 12.5. The van der Waals surface area contributed by atoms with Gasteiger partial charge < -0.3 is 0 Å². The van der Waals surface area contributed by atoms with Crippen molar-refractivity contribution in [2.45, 2.75) is 0 Å². The van der Waals surface area contributed by atoms with Gasteiger partial charge in [-0.3, -0.25) is 9.59 Å². The number of thiazole rings is 1. The number of thiophene rings is 1. The van der Waals surface area contributed by atoms with Crippen molar-refractivity contribution in [3.8, 4) is 11.3 Å². The van der Waals surface area contributed by atoms with Crippen molar-refractivity contribution >= 4 is 33.7 Å². The van der Waals surface area contributed by atoms with Gasteiger partial charge in [-0.2, -0.15) is 14.6 Å². The summed E-state index contributed by atoms with van der Waals surface area (Å²) < 4.78 is 1.71. The van der Waals surface area contributed by atoms with Crippen LogP contribution in [0.1, 0.15) is 4.88 Å². The summed E-state index contributed by atoms with van der Waals surface area (Å²) in [6.45, 7) is 0. The minimum atomic E-state index is -0.430. The van der Waals surface area contributed by atoms with E-state index in [1.807, 2.05) is 35.7 Å². The van der Waals surface area contributed by atoms with Crippen LogP contribution in [0.3, 0.4) is 0 Å². The van der Waals surface area contributed by atoms with E-state index in [0.29, 0.717) is 15.1 Å². The van der Waals surface area contributed by atoms with Crippen LogP contribution in [0.5, 0.6) is 0 Å². The Morgan fingerprint density at radius 2 is 1.87 bits per heavy atom. The van der Waals surface area contributed by atoms with E-state index in [4.69, 9.17) is 0 Å². The standard InChI is InChI=1S/C16H9N3O2S2/c20-14-13(10-5-2-1-3-6-10)18-19-15(21)12(23-16(19)17-14)9-11-7-4-8-22-11/h1-9H. The number of hydrogen-bond donors (Lipinski definition) is 0. The number of fused-ring (bicyclic) bond motifs is 1. The highest BCUT2D eigenvalue weighted by molar-refractivity contribution is 7.15. The Morgan fingerprint density at radius 1 is 1.04 bits per heavy atom. The fourth-order valence-corrected chi connectivity index (χ4v) is 3.82. The van der Waals surface area contributed by atoms with Crippen molar-refractivity contribution in [3.05, 3.63) is 78.0 Å². The Kier molecular flexibility index (Phi) is 3.36. The third-order valence-electron chi connectivity index (χ3n) is 3.25. The molecule has 0 N–H and O–H groups in total.